The van der Waals surface area contributed by atoms with Gasteiger partial charge in [-0.25, -0.2) is 9.59 Å². The highest BCUT2D eigenvalue weighted by Gasteiger charge is 2.32. The molecule has 0 unspecified atom stereocenters. The molecule has 0 saturated heterocycles. The molecule has 214 valence electrons. The maximum Gasteiger partial charge on any atom is 0.321 e. The third-order valence-corrected chi connectivity index (χ3v) is 6.66. The van der Waals surface area contributed by atoms with Crippen LogP contribution in [0.25, 0.3) is 0 Å². The number of carbonyl (C=O) groups excluding carboxylic acids is 3. The van der Waals surface area contributed by atoms with Crippen LogP contribution in [0.15, 0.2) is 22.7 Å². The Labute approximate surface area is 229 Å². The lowest BCUT2D eigenvalue weighted by molar-refractivity contribution is -0.134. The zero-order valence-electron chi connectivity index (χ0n) is 23.7. The molecule has 0 radical (unpaired) electrons. The van der Waals surface area contributed by atoms with Gasteiger partial charge in [0.2, 0.25) is 5.91 Å². The highest BCUT2D eigenvalue weighted by atomic mass is 16.5. The molecule has 0 fully saturated rings. The predicted molar refractivity (Wildman–Crippen MR) is 147 cm³/mol. The number of nitrogens with one attached hydrogen (secondary N) is 3. The SMILES string of the molecule is Cc1noc(C)c1NC(=O)N(C)C[C@@H]1Oc2ccc(NC(=O)NC(C)C)cc2CC(=O)N([C@H](C)CO)C[C@@H]1C. The van der Waals surface area contributed by atoms with Gasteiger partial charge in [0.15, 0.2) is 5.76 Å². The molecule has 39 heavy (non-hydrogen) atoms. The fourth-order valence-corrected chi connectivity index (χ4v) is 4.37. The standard InChI is InChI=1S/C27H40N6O6/c1-15(2)28-26(36)29-21-8-9-22-20(10-21)11-24(35)33(17(4)14-34)12-16(3)23(38-22)13-32(7)27(37)30-25-18(5)31-39-19(25)6/h8-10,15-17,23,34H,11-14H2,1-7H3,(H,30,37)(H2,28,29,36)/t16-,17+,23-/m0/s1. The van der Waals surface area contributed by atoms with Gasteiger partial charge in [-0.15, -0.1) is 0 Å². The smallest absolute Gasteiger partial charge is 0.321 e. The lowest BCUT2D eigenvalue weighted by atomic mass is 10.0. The average Bonchev–Trinajstić information content (AvgIpc) is 3.20. The predicted octanol–water partition coefficient (Wildman–Crippen LogP) is 3.13. The second kappa shape index (κ2) is 12.8. The summed E-state index contributed by atoms with van der Waals surface area (Å²) in [5.41, 5.74) is 2.22. The molecule has 1 aromatic heterocycles. The summed E-state index contributed by atoms with van der Waals surface area (Å²) in [6, 6.07) is 4.01. The van der Waals surface area contributed by atoms with Crippen molar-refractivity contribution >= 4 is 29.3 Å². The number of nitrogens with zero attached hydrogens (tertiary/aromatic N) is 3. The lowest BCUT2D eigenvalue weighted by Crippen LogP contribution is -2.48. The van der Waals surface area contributed by atoms with E-state index in [4.69, 9.17) is 9.26 Å². The van der Waals surface area contributed by atoms with Gasteiger partial charge in [0.1, 0.15) is 23.2 Å². The number of aliphatic hydroxyl groups excluding tert-OH is 1. The number of anilines is 2. The van der Waals surface area contributed by atoms with Crippen LogP contribution in [-0.4, -0.2) is 83.0 Å². The van der Waals surface area contributed by atoms with Crippen LogP contribution in [0.1, 0.15) is 44.7 Å². The van der Waals surface area contributed by atoms with Crippen LogP contribution in [0.4, 0.5) is 21.0 Å². The molecular weight excluding hydrogens is 504 g/mol. The molecule has 5 amide bonds. The molecular formula is C27H40N6O6. The number of fused-ring (bicyclic) bond motifs is 1. The number of amides is 5. The molecule has 0 saturated carbocycles. The molecule has 1 aliphatic heterocycles. The van der Waals surface area contributed by atoms with Crippen LogP contribution in [0.3, 0.4) is 0 Å². The van der Waals surface area contributed by atoms with Crippen molar-refractivity contribution in [2.24, 2.45) is 5.92 Å². The van der Waals surface area contributed by atoms with E-state index in [1.54, 1.807) is 50.9 Å². The van der Waals surface area contributed by atoms with Crippen molar-refractivity contribution in [3.63, 3.8) is 0 Å². The third-order valence-electron chi connectivity index (χ3n) is 6.66. The summed E-state index contributed by atoms with van der Waals surface area (Å²) in [7, 11) is 1.66. The Balaban J connectivity index is 1.88. The van der Waals surface area contributed by atoms with Gasteiger partial charge >= 0.3 is 12.1 Å². The van der Waals surface area contributed by atoms with Crippen LogP contribution >= 0.6 is 0 Å². The summed E-state index contributed by atoms with van der Waals surface area (Å²) >= 11 is 0. The molecule has 2 aromatic rings. The number of likely N-dealkylation sites (N-methyl/N-ethyl adjacent to an activating group) is 1. The fourth-order valence-electron chi connectivity index (χ4n) is 4.37. The maximum atomic E-state index is 13.4. The van der Waals surface area contributed by atoms with Crippen LogP contribution < -0.4 is 20.7 Å². The molecule has 3 atom stereocenters. The minimum absolute atomic E-state index is 0.0306. The van der Waals surface area contributed by atoms with Crippen molar-refractivity contribution < 1.29 is 28.8 Å². The van der Waals surface area contributed by atoms with E-state index < -0.39 is 12.1 Å². The third kappa shape index (κ3) is 7.62. The van der Waals surface area contributed by atoms with Gasteiger partial charge in [-0.2, -0.15) is 0 Å². The first kappa shape index (κ1) is 29.8. The summed E-state index contributed by atoms with van der Waals surface area (Å²) in [4.78, 5) is 41.8. The van der Waals surface area contributed by atoms with Crippen molar-refractivity contribution in [1.82, 2.24) is 20.3 Å². The van der Waals surface area contributed by atoms with Gasteiger partial charge in [0.25, 0.3) is 0 Å². The number of rotatable bonds is 7. The summed E-state index contributed by atoms with van der Waals surface area (Å²) in [6.45, 7) is 11.3. The van der Waals surface area contributed by atoms with Crippen LogP contribution in [0, 0.1) is 19.8 Å². The summed E-state index contributed by atoms with van der Waals surface area (Å²) in [6.07, 6.45) is -0.450. The Hall–Kier alpha value is -3.80. The largest absolute Gasteiger partial charge is 0.488 e. The number of aliphatic hydroxyl groups is 1. The number of ether oxygens (including phenoxy) is 1. The van der Waals surface area contributed by atoms with Crippen LogP contribution in [0.5, 0.6) is 5.75 Å². The van der Waals surface area contributed by atoms with Crippen LogP contribution in [-0.2, 0) is 11.2 Å². The molecule has 0 spiro atoms. The fraction of sp³-hybridized carbons (Fsp3) is 0.556. The van der Waals surface area contributed by atoms with E-state index in [0.29, 0.717) is 40.7 Å². The van der Waals surface area contributed by atoms with E-state index in [0.717, 1.165) is 0 Å². The second-order valence-corrected chi connectivity index (χ2v) is 10.5. The lowest BCUT2D eigenvalue weighted by Gasteiger charge is -2.34. The van der Waals surface area contributed by atoms with E-state index >= 15 is 0 Å². The van der Waals surface area contributed by atoms with Gasteiger partial charge in [-0.1, -0.05) is 12.1 Å². The van der Waals surface area contributed by atoms with Gasteiger partial charge in [0, 0.05) is 36.8 Å². The molecule has 12 heteroatoms. The molecule has 12 nitrogen and oxygen atoms in total. The Bertz CT molecular complexity index is 1160. The number of aromatic nitrogens is 1. The normalized spacial score (nSPS) is 18.3. The Morgan fingerprint density at radius 3 is 2.56 bits per heavy atom. The van der Waals surface area contributed by atoms with E-state index in [9.17, 15) is 19.5 Å². The molecule has 4 N–H and O–H groups in total. The number of hydrogen-bond acceptors (Lipinski definition) is 7. The number of urea groups is 2. The first-order valence-corrected chi connectivity index (χ1v) is 13.1. The van der Waals surface area contributed by atoms with Crippen molar-refractivity contribution in [2.75, 3.05) is 37.4 Å². The van der Waals surface area contributed by atoms with E-state index in [-0.39, 0.29) is 49.5 Å². The molecule has 0 bridgehead atoms. The van der Waals surface area contributed by atoms with E-state index in [2.05, 4.69) is 21.1 Å². The minimum Gasteiger partial charge on any atom is -0.488 e. The highest BCUT2D eigenvalue weighted by Crippen LogP contribution is 2.29. The zero-order chi connectivity index (χ0) is 28.9. The first-order valence-electron chi connectivity index (χ1n) is 13.1. The second-order valence-electron chi connectivity index (χ2n) is 10.5. The van der Waals surface area contributed by atoms with Crippen molar-refractivity contribution in [3.8, 4) is 5.75 Å². The van der Waals surface area contributed by atoms with Gasteiger partial charge in [-0.3, -0.25) is 4.79 Å². The molecule has 1 aromatic carbocycles. The van der Waals surface area contributed by atoms with E-state index in [1.165, 1.54) is 4.90 Å². The quantitative estimate of drug-likeness (QED) is 0.418. The maximum absolute atomic E-state index is 13.4. The highest BCUT2D eigenvalue weighted by molar-refractivity contribution is 5.91. The molecule has 2 heterocycles. The molecule has 3 rings (SSSR count). The van der Waals surface area contributed by atoms with Gasteiger partial charge in [0.05, 0.1) is 25.6 Å². The van der Waals surface area contributed by atoms with Gasteiger partial charge in [-0.05, 0) is 52.8 Å². The van der Waals surface area contributed by atoms with Crippen LogP contribution in [0.2, 0.25) is 0 Å². The Kier molecular flexibility index (Phi) is 9.79. The average molecular weight is 545 g/mol. The topological polar surface area (TPSA) is 149 Å². The summed E-state index contributed by atoms with van der Waals surface area (Å²) in [5.74, 6) is 0.655. The number of benzene rings is 1. The summed E-state index contributed by atoms with van der Waals surface area (Å²) in [5, 5.41) is 22.1. The Morgan fingerprint density at radius 2 is 1.95 bits per heavy atom. The minimum atomic E-state index is -0.480. The van der Waals surface area contributed by atoms with Crippen molar-refractivity contribution in [1.29, 1.82) is 0 Å². The van der Waals surface area contributed by atoms with Gasteiger partial charge < -0.3 is 40.1 Å². The zero-order valence-corrected chi connectivity index (χ0v) is 23.7. The Morgan fingerprint density at radius 1 is 1.23 bits per heavy atom. The monoisotopic (exact) mass is 544 g/mol. The summed E-state index contributed by atoms with van der Waals surface area (Å²) < 4.78 is 11.6. The van der Waals surface area contributed by atoms with Crippen molar-refractivity contribution in [2.45, 2.75) is 66.2 Å². The molecule has 1 aliphatic rings. The van der Waals surface area contributed by atoms with Crippen molar-refractivity contribution in [3.05, 3.63) is 35.2 Å². The first-order chi connectivity index (χ1) is 18.4. The number of carbonyl (C=O) groups is 3. The molecule has 0 aliphatic carbocycles. The number of hydrogen-bond donors (Lipinski definition) is 4. The number of aryl methyl sites for hydroxylation is 2. The van der Waals surface area contributed by atoms with E-state index in [1.807, 2.05) is 20.8 Å².